The van der Waals surface area contributed by atoms with Crippen LogP contribution in [0.4, 0.5) is 5.69 Å². The van der Waals surface area contributed by atoms with Gasteiger partial charge in [-0.25, -0.2) is 0 Å². The number of fused-ring (bicyclic) bond motifs is 1. The topological polar surface area (TPSA) is 21.3 Å². The number of anilines is 1. The second kappa shape index (κ2) is 3.41. The van der Waals surface area contributed by atoms with Crippen molar-refractivity contribution in [3.63, 3.8) is 0 Å². The van der Waals surface area contributed by atoms with E-state index in [4.69, 9.17) is 4.74 Å². The van der Waals surface area contributed by atoms with Crippen LogP contribution in [-0.4, -0.2) is 13.2 Å². The van der Waals surface area contributed by atoms with E-state index in [1.807, 2.05) is 6.07 Å². The minimum atomic E-state index is 0.750. The molecule has 0 amide bonds. The smallest absolute Gasteiger partial charge is 0.144 e. The molecule has 0 aliphatic carbocycles. The van der Waals surface area contributed by atoms with E-state index in [0.29, 0.717) is 0 Å². The molecule has 0 aromatic heterocycles. The van der Waals surface area contributed by atoms with Gasteiger partial charge in [0.05, 0.1) is 5.69 Å². The van der Waals surface area contributed by atoms with E-state index in [9.17, 15) is 0 Å². The minimum Gasteiger partial charge on any atom is -0.490 e. The van der Waals surface area contributed by atoms with Crippen LogP contribution in [0.15, 0.2) is 16.6 Å². The van der Waals surface area contributed by atoms with Gasteiger partial charge in [-0.3, -0.25) is 0 Å². The van der Waals surface area contributed by atoms with Crippen molar-refractivity contribution >= 4 is 44.2 Å². The van der Waals surface area contributed by atoms with Crippen LogP contribution in [0.1, 0.15) is 0 Å². The molecule has 0 bridgehead atoms. The van der Waals surface area contributed by atoms with Crippen LogP contribution in [0.3, 0.4) is 0 Å². The maximum atomic E-state index is 5.49. The highest BCUT2D eigenvalue weighted by molar-refractivity contribution is 14.1. The van der Waals surface area contributed by atoms with Gasteiger partial charge in [-0.1, -0.05) is 15.9 Å². The Kier molecular flexibility index (Phi) is 2.45. The van der Waals surface area contributed by atoms with Crippen molar-refractivity contribution in [1.82, 2.24) is 0 Å². The molecule has 0 radical (unpaired) electrons. The lowest BCUT2D eigenvalue weighted by Gasteiger charge is -2.20. The Morgan fingerprint density at radius 1 is 1.50 bits per heavy atom. The predicted molar refractivity (Wildman–Crippen MR) is 60.8 cm³/mol. The molecule has 1 heterocycles. The first-order valence-electron chi connectivity index (χ1n) is 3.63. The van der Waals surface area contributed by atoms with Crippen LogP contribution in [0.2, 0.25) is 0 Å². The quantitative estimate of drug-likeness (QED) is 0.734. The van der Waals surface area contributed by atoms with Gasteiger partial charge in [-0.05, 0) is 34.7 Å². The lowest BCUT2D eigenvalue weighted by molar-refractivity contribution is 0.323. The molecule has 1 aliphatic heterocycles. The Bertz CT molecular complexity index is 316. The first-order chi connectivity index (χ1) is 5.77. The molecular weight excluding hydrogens is 333 g/mol. The molecule has 2 nitrogen and oxygen atoms in total. The van der Waals surface area contributed by atoms with Gasteiger partial charge >= 0.3 is 0 Å². The van der Waals surface area contributed by atoms with Gasteiger partial charge in [0.1, 0.15) is 12.4 Å². The molecule has 2 rings (SSSR count). The van der Waals surface area contributed by atoms with Gasteiger partial charge in [-0.2, -0.15) is 0 Å². The largest absolute Gasteiger partial charge is 0.490 e. The van der Waals surface area contributed by atoms with Gasteiger partial charge in [-0.15, -0.1) is 0 Å². The normalized spacial score (nSPS) is 14.5. The summed E-state index contributed by atoms with van der Waals surface area (Å²) in [5.41, 5.74) is 1.12. The summed E-state index contributed by atoms with van der Waals surface area (Å²) < 4.78 is 7.74. The SMILES string of the molecule is Brc1cc(I)c2c(c1)OCCN2. The molecule has 1 N–H and O–H groups in total. The molecular formula is C8H7BrINO. The van der Waals surface area contributed by atoms with Crippen molar-refractivity contribution in [2.75, 3.05) is 18.5 Å². The molecule has 0 atom stereocenters. The Labute approximate surface area is 92.9 Å². The summed E-state index contributed by atoms with van der Waals surface area (Å²) >= 11 is 5.73. The Balaban J connectivity index is 2.53. The number of hydrogen-bond donors (Lipinski definition) is 1. The molecule has 64 valence electrons. The average Bonchev–Trinajstić information content (AvgIpc) is 2.04. The molecule has 0 saturated heterocycles. The molecule has 0 unspecified atom stereocenters. The van der Waals surface area contributed by atoms with E-state index in [1.54, 1.807) is 0 Å². The number of ether oxygens (including phenoxy) is 1. The second-order valence-electron chi connectivity index (χ2n) is 2.54. The summed E-state index contributed by atoms with van der Waals surface area (Å²) in [4.78, 5) is 0. The lowest BCUT2D eigenvalue weighted by Crippen LogP contribution is -2.18. The van der Waals surface area contributed by atoms with Crippen LogP contribution in [-0.2, 0) is 0 Å². The fourth-order valence-electron chi connectivity index (χ4n) is 1.17. The standard InChI is InChI=1S/C8H7BrINO/c9-5-3-6(10)8-7(4-5)12-2-1-11-8/h3-4,11H,1-2H2. The van der Waals surface area contributed by atoms with Crippen LogP contribution in [0, 0.1) is 3.57 Å². The summed E-state index contributed by atoms with van der Waals surface area (Å²) in [6.07, 6.45) is 0. The maximum Gasteiger partial charge on any atom is 0.144 e. The van der Waals surface area contributed by atoms with E-state index in [-0.39, 0.29) is 0 Å². The number of nitrogens with one attached hydrogen (secondary N) is 1. The molecule has 0 spiro atoms. The average molecular weight is 340 g/mol. The summed E-state index contributed by atoms with van der Waals surface area (Å²) in [6.45, 7) is 1.64. The van der Waals surface area contributed by atoms with Crippen LogP contribution < -0.4 is 10.1 Å². The monoisotopic (exact) mass is 339 g/mol. The van der Waals surface area contributed by atoms with Crippen LogP contribution in [0.25, 0.3) is 0 Å². The highest BCUT2D eigenvalue weighted by Gasteiger charge is 2.12. The van der Waals surface area contributed by atoms with Gasteiger partial charge in [0.2, 0.25) is 0 Å². The van der Waals surface area contributed by atoms with Crippen molar-refractivity contribution in [2.24, 2.45) is 0 Å². The fourth-order valence-corrected chi connectivity index (χ4v) is 2.83. The third-order valence-electron chi connectivity index (χ3n) is 1.68. The maximum absolute atomic E-state index is 5.49. The van der Waals surface area contributed by atoms with Gasteiger partial charge in [0.15, 0.2) is 0 Å². The molecule has 1 aliphatic rings. The number of hydrogen-bond acceptors (Lipinski definition) is 2. The molecule has 12 heavy (non-hydrogen) atoms. The zero-order valence-corrected chi connectivity index (χ0v) is 9.98. The van der Waals surface area contributed by atoms with Crippen molar-refractivity contribution in [3.8, 4) is 5.75 Å². The summed E-state index contributed by atoms with van der Waals surface area (Å²) in [5.74, 6) is 0.944. The molecule has 4 heteroatoms. The lowest BCUT2D eigenvalue weighted by atomic mass is 10.2. The Morgan fingerprint density at radius 3 is 3.17 bits per heavy atom. The van der Waals surface area contributed by atoms with Gasteiger partial charge < -0.3 is 10.1 Å². The number of rotatable bonds is 0. The summed E-state index contributed by atoms with van der Waals surface area (Å²) in [6, 6.07) is 4.06. The van der Waals surface area contributed by atoms with Gasteiger partial charge in [0, 0.05) is 14.6 Å². The van der Waals surface area contributed by atoms with Crippen molar-refractivity contribution in [2.45, 2.75) is 0 Å². The van der Waals surface area contributed by atoms with Crippen LogP contribution in [0.5, 0.6) is 5.75 Å². The Morgan fingerprint density at radius 2 is 2.33 bits per heavy atom. The predicted octanol–water partition coefficient (Wildman–Crippen LogP) is 2.86. The fraction of sp³-hybridized carbons (Fsp3) is 0.250. The molecule has 0 saturated carbocycles. The van der Waals surface area contributed by atoms with E-state index in [0.717, 1.165) is 29.1 Å². The molecule has 1 aromatic carbocycles. The van der Waals surface area contributed by atoms with Crippen molar-refractivity contribution in [3.05, 3.63) is 20.2 Å². The van der Waals surface area contributed by atoms with E-state index < -0.39 is 0 Å². The zero-order valence-electron chi connectivity index (χ0n) is 6.23. The molecule has 1 aromatic rings. The van der Waals surface area contributed by atoms with Crippen molar-refractivity contribution < 1.29 is 4.74 Å². The number of benzene rings is 1. The minimum absolute atomic E-state index is 0.750. The van der Waals surface area contributed by atoms with Crippen LogP contribution >= 0.6 is 38.5 Å². The summed E-state index contributed by atoms with van der Waals surface area (Å²) in [5, 5.41) is 3.30. The summed E-state index contributed by atoms with van der Waals surface area (Å²) in [7, 11) is 0. The zero-order chi connectivity index (χ0) is 8.55. The van der Waals surface area contributed by atoms with E-state index in [2.05, 4.69) is 49.9 Å². The highest BCUT2D eigenvalue weighted by atomic mass is 127. The van der Waals surface area contributed by atoms with E-state index in [1.165, 1.54) is 3.57 Å². The van der Waals surface area contributed by atoms with Crippen molar-refractivity contribution in [1.29, 1.82) is 0 Å². The third kappa shape index (κ3) is 1.54. The number of halogens is 2. The Hall–Kier alpha value is 0.0300. The third-order valence-corrected chi connectivity index (χ3v) is 2.99. The first-order valence-corrected chi connectivity index (χ1v) is 5.50. The van der Waals surface area contributed by atoms with E-state index >= 15 is 0 Å². The highest BCUT2D eigenvalue weighted by Crippen LogP contribution is 2.34. The second-order valence-corrected chi connectivity index (χ2v) is 4.61. The first kappa shape index (κ1) is 8.62. The van der Waals surface area contributed by atoms with Gasteiger partial charge in [0.25, 0.3) is 0 Å². The molecule has 0 fully saturated rings.